The largest absolute Gasteiger partial charge is 0.423 e. The van der Waals surface area contributed by atoms with Crippen molar-refractivity contribution < 1.29 is 4.42 Å². The van der Waals surface area contributed by atoms with E-state index in [2.05, 4.69) is 46.1 Å². The van der Waals surface area contributed by atoms with E-state index in [0.717, 1.165) is 22.3 Å². The van der Waals surface area contributed by atoms with Crippen LogP contribution in [0.4, 0.5) is 11.4 Å². The highest BCUT2D eigenvalue weighted by atomic mass is 32.1. The van der Waals surface area contributed by atoms with Crippen LogP contribution in [0.3, 0.4) is 0 Å². The first-order valence-electron chi connectivity index (χ1n) is 10.2. The Morgan fingerprint density at radius 3 is 2.72 bits per heavy atom. The Morgan fingerprint density at radius 1 is 1.00 bits per heavy atom. The molecule has 158 valence electrons. The quantitative estimate of drug-likeness (QED) is 0.292. The molecule has 0 saturated carbocycles. The Bertz CT molecular complexity index is 1510. The summed E-state index contributed by atoms with van der Waals surface area (Å²) >= 11 is 5.44. The van der Waals surface area contributed by atoms with Gasteiger partial charge in [-0.3, -0.25) is 4.68 Å². The van der Waals surface area contributed by atoms with Gasteiger partial charge in [-0.05, 0) is 53.2 Å². The number of nitrogens with one attached hydrogen (secondary N) is 2. The molecule has 0 amide bonds. The van der Waals surface area contributed by atoms with Crippen LogP contribution < -0.4 is 16.3 Å². The van der Waals surface area contributed by atoms with Crippen molar-refractivity contribution in [3.05, 3.63) is 101 Å². The molecule has 0 atom stereocenters. The minimum absolute atomic E-state index is 0.369. The van der Waals surface area contributed by atoms with Gasteiger partial charge in [0.25, 0.3) is 0 Å². The van der Waals surface area contributed by atoms with Crippen LogP contribution in [-0.4, -0.2) is 14.9 Å². The van der Waals surface area contributed by atoms with Gasteiger partial charge in [0.1, 0.15) is 5.58 Å². The van der Waals surface area contributed by atoms with Crippen molar-refractivity contribution in [1.82, 2.24) is 9.78 Å². The number of fused-ring (bicyclic) bond motifs is 2. The molecule has 0 aliphatic carbocycles. The summed E-state index contributed by atoms with van der Waals surface area (Å²) in [5, 5.41) is 14.5. The highest BCUT2D eigenvalue weighted by molar-refractivity contribution is 7.80. The SMILES string of the molecule is Cc1cc(=O)oc2cc(NC(=S)Nc3cnn(Cc4cccc5ccccc45)c3)ccc12. The molecule has 2 aromatic heterocycles. The van der Waals surface area contributed by atoms with Gasteiger partial charge in [-0.2, -0.15) is 5.10 Å². The summed E-state index contributed by atoms with van der Waals surface area (Å²) in [7, 11) is 0. The molecule has 3 aromatic carbocycles. The summed E-state index contributed by atoms with van der Waals surface area (Å²) in [4.78, 5) is 11.7. The first-order valence-corrected chi connectivity index (χ1v) is 10.6. The third-order valence-electron chi connectivity index (χ3n) is 5.31. The van der Waals surface area contributed by atoms with Crippen LogP contribution in [0.5, 0.6) is 0 Å². The highest BCUT2D eigenvalue weighted by Crippen LogP contribution is 2.22. The van der Waals surface area contributed by atoms with E-state index in [4.69, 9.17) is 16.6 Å². The number of hydrogen-bond acceptors (Lipinski definition) is 4. The second-order valence-electron chi connectivity index (χ2n) is 7.60. The van der Waals surface area contributed by atoms with Crippen LogP contribution in [0.25, 0.3) is 21.7 Å². The van der Waals surface area contributed by atoms with E-state index in [1.165, 1.54) is 22.4 Å². The van der Waals surface area contributed by atoms with Crippen molar-refractivity contribution in [1.29, 1.82) is 0 Å². The standard InChI is InChI=1S/C25H20N4O2S/c1-16-11-24(30)31-23-12-19(9-10-21(16)23)27-25(32)28-20-13-26-29(15-20)14-18-7-4-6-17-5-2-3-8-22(17)18/h2-13,15H,14H2,1H3,(H2,27,28,32). The molecule has 0 bridgehead atoms. The lowest BCUT2D eigenvalue weighted by Crippen LogP contribution is -2.18. The molecule has 6 nitrogen and oxygen atoms in total. The number of thiocarbonyl (C=S) groups is 1. The van der Waals surface area contributed by atoms with E-state index >= 15 is 0 Å². The van der Waals surface area contributed by atoms with Gasteiger partial charge in [-0.1, -0.05) is 42.5 Å². The number of rotatable bonds is 4. The van der Waals surface area contributed by atoms with Gasteiger partial charge in [-0.25, -0.2) is 4.79 Å². The van der Waals surface area contributed by atoms with E-state index in [1.54, 1.807) is 12.3 Å². The summed E-state index contributed by atoms with van der Waals surface area (Å²) in [5.41, 5.74) is 3.74. The van der Waals surface area contributed by atoms with Gasteiger partial charge in [0.15, 0.2) is 5.11 Å². The summed E-state index contributed by atoms with van der Waals surface area (Å²) in [6.07, 6.45) is 3.65. The van der Waals surface area contributed by atoms with Crippen LogP contribution in [0.2, 0.25) is 0 Å². The Balaban J connectivity index is 1.29. The van der Waals surface area contributed by atoms with Crippen LogP contribution in [0, 0.1) is 6.92 Å². The van der Waals surface area contributed by atoms with Crippen LogP contribution in [0.15, 0.2) is 88.3 Å². The minimum Gasteiger partial charge on any atom is -0.423 e. The normalized spacial score (nSPS) is 11.0. The maximum absolute atomic E-state index is 11.7. The monoisotopic (exact) mass is 440 g/mol. The minimum atomic E-state index is -0.369. The van der Waals surface area contributed by atoms with E-state index in [0.29, 0.717) is 17.2 Å². The summed E-state index contributed by atoms with van der Waals surface area (Å²) < 4.78 is 7.18. The van der Waals surface area contributed by atoms with Gasteiger partial charge < -0.3 is 15.1 Å². The number of aromatic nitrogens is 2. The van der Waals surface area contributed by atoms with Crippen molar-refractivity contribution >= 4 is 50.4 Å². The Hall–Kier alpha value is -3.97. The summed E-state index contributed by atoms with van der Waals surface area (Å²) in [6, 6.07) is 21.7. The number of nitrogens with zero attached hydrogens (tertiary/aromatic N) is 2. The number of anilines is 2. The maximum Gasteiger partial charge on any atom is 0.336 e. The first kappa shape index (κ1) is 20.0. The number of aryl methyl sites for hydroxylation is 1. The van der Waals surface area contributed by atoms with Gasteiger partial charge in [0.05, 0.1) is 18.4 Å². The Morgan fingerprint density at radius 2 is 1.81 bits per heavy atom. The molecule has 5 aromatic rings. The van der Waals surface area contributed by atoms with Gasteiger partial charge in [0.2, 0.25) is 0 Å². The Kier molecular flexibility index (Phi) is 5.17. The van der Waals surface area contributed by atoms with Crippen LogP contribution >= 0.6 is 12.2 Å². The number of hydrogen-bond donors (Lipinski definition) is 2. The second-order valence-corrected chi connectivity index (χ2v) is 8.01. The fourth-order valence-electron chi connectivity index (χ4n) is 3.82. The molecule has 0 radical (unpaired) electrons. The molecule has 0 unspecified atom stereocenters. The average Bonchev–Trinajstić information content (AvgIpc) is 3.20. The van der Waals surface area contributed by atoms with E-state index < -0.39 is 0 Å². The fraction of sp³-hybridized carbons (Fsp3) is 0.0800. The van der Waals surface area contributed by atoms with Crippen molar-refractivity contribution in [3.63, 3.8) is 0 Å². The fourth-order valence-corrected chi connectivity index (χ4v) is 4.05. The van der Waals surface area contributed by atoms with Crippen molar-refractivity contribution in [2.24, 2.45) is 0 Å². The van der Waals surface area contributed by atoms with Gasteiger partial charge in [-0.15, -0.1) is 0 Å². The zero-order valence-corrected chi connectivity index (χ0v) is 18.1. The molecular formula is C25H20N4O2S. The topological polar surface area (TPSA) is 72.1 Å². The molecule has 0 aliphatic rings. The first-order chi connectivity index (χ1) is 15.5. The lowest BCUT2D eigenvalue weighted by Gasteiger charge is -2.10. The molecule has 2 N–H and O–H groups in total. The number of benzene rings is 3. The smallest absolute Gasteiger partial charge is 0.336 e. The lowest BCUT2D eigenvalue weighted by atomic mass is 10.0. The molecular weight excluding hydrogens is 420 g/mol. The second kappa shape index (κ2) is 8.28. The predicted molar refractivity (Wildman–Crippen MR) is 132 cm³/mol. The summed E-state index contributed by atoms with van der Waals surface area (Å²) in [6.45, 7) is 2.54. The molecule has 0 fully saturated rings. The van der Waals surface area contributed by atoms with E-state index in [1.807, 2.05) is 42.1 Å². The Labute approximate surface area is 189 Å². The third-order valence-corrected chi connectivity index (χ3v) is 5.52. The maximum atomic E-state index is 11.7. The molecule has 2 heterocycles. The van der Waals surface area contributed by atoms with Gasteiger partial charge in [0, 0.05) is 29.4 Å². The van der Waals surface area contributed by atoms with E-state index in [-0.39, 0.29) is 5.63 Å². The molecule has 0 saturated heterocycles. The predicted octanol–water partition coefficient (Wildman–Crippen LogP) is 5.31. The molecule has 5 rings (SSSR count). The zero-order chi connectivity index (χ0) is 22.1. The lowest BCUT2D eigenvalue weighted by molar-refractivity contribution is 0.560. The molecule has 0 aliphatic heterocycles. The summed E-state index contributed by atoms with van der Waals surface area (Å²) in [5.74, 6) is 0. The third kappa shape index (κ3) is 4.10. The van der Waals surface area contributed by atoms with Crippen LogP contribution in [0.1, 0.15) is 11.1 Å². The van der Waals surface area contributed by atoms with Crippen LogP contribution in [-0.2, 0) is 6.54 Å². The van der Waals surface area contributed by atoms with Gasteiger partial charge >= 0.3 is 5.63 Å². The highest BCUT2D eigenvalue weighted by Gasteiger charge is 2.07. The zero-order valence-electron chi connectivity index (χ0n) is 17.3. The molecule has 0 spiro atoms. The van der Waals surface area contributed by atoms with Crippen molar-refractivity contribution in [2.45, 2.75) is 13.5 Å². The van der Waals surface area contributed by atoms with Crippen molar-refractivity contribution in [2.75, 3.05) is 10.6 Å². The molecule has 7 heteroatoms. The molecule has 32 heavy (non-hydrogen) atoms. The average molecular weight is 441 g/mol. The van der Waals surface area contributed by atoms with Crippen molar-refractivity contribution in [3.8, 4) is 0 Å². The van der Waals surface area contributed by atoms with E-state index in [9.17, 15) is 4.79 Å².